The lowest BCUT2D eigenvalue weighted by molar-refractivity contribution is -0.137. The molecule has 0 fully saturated rings. The molecule has 1 amide bonds. The van der Waals surface area contributed by atoms with E-state index in [4.69, 9.17) is 11.6 Å². The normalized spacial score (nSPS) is 12.7. The van der Waals surface area contributed by atoms with Crippen LogP contribution >= 0.6 is 11.6 Å². The molecule has 0 aliphatic rings. The molecule has 2 aromatic carbocycles. The third-order valence-electron chi connectivity index (χ3n) is 3.65. The van der Waals surface area contributed by atoms with Crippen LogP contribution in [0.3, 0.4) is 0 Å². The first-order chi connectivity index (χ1) is 11.8. The molecule has 2 rings (SSSR count). The van der Waals surface area contributed by atoms with E-state index >= 15 is 0 Å². The van der Waals surface area contributed by atoms with Crippen LogP contribution in [-0.4, -0.2) is 17.6 Å². The number of hydrogen-bond acceptors (Lipinski definition) is 2. The number of carbonyl (C=O) groups excluding carboxylic acids is 1. The van der Waals surface area contributed by atoms with Gasteiger partial charge in [-0.05, 0) is 41.8 Å². The number of aryl methyl sites for hydroxylation is 1. The first kappa shape index (κ1) is 19.3. The highest BCUT2D eigenvalue weighted by Gasteiger charge is 2.30. The summed E-state index contributed by atoms with van der Waals surface area (Å²) < 4.78 is 37.5. The molecule has 0 aliphatic carbocycles. The summed E-state index contributed by atoms with van der Waals surface area (Å²) in [7, 11) is 0. The Balaban J connectivity index is 1.80. The monoisotopic (exact) mass is 371 g/mol. The van der Waals surface area contributed by atoms with E-state index in [-0.39, 0.29) is 18.9 Å². The van der Waals surface area contributed by atoms with Crippen LogP contribution in [0.15, 0.2) is 48.5 Å². The van der Waals surface area contributed by atoms with Gasteiger partial charge in [0.05, 0.1) is 11.7 Å². The second-order valence-corrected chi connectivity index (χ2v) is 6.01. The number of aliphatic hydroxyl groups is 1. The van der Waals surface area contributed by atoms with Gasteiger partial charge >= 0.3 is 6.18 Å². The number of hydrogen-bond donors (Lipinski definition) is 2. The van der Waals surface area contributed by atoms with Crippen molar-refractivity contribution in [1.29, 1.82) is 0 Å². The predicted octanol–water partition coefficient (Wildman–Crippen LogP) is 4.14. The number of carbonyl (C=O) groups is 1. The Morgan fingerprint density at radius 3 is 2.44 bits per heavy atom. The summed E-state index contributed by atoms with van der Waals surface area (Å²) >= 11 is 5.87. The van der Waals surface area contributed by atoms with Crippen LogP contribution in [0, 0.1) is 0 Å². The van der Waals surface area contributed by atoms with E-state index in [1.165, 1.54) is 12.1 Å². The summed E-state index contributed by atoms with van der Waals surface area (Å²) in [4.78, 5) is 11.8. The molecule has 3 nitrogen and oxygen atoms in total. The second-order valence-electron chi connectivity index (χ2n) is 5.57. The van der Waals surface area contributed by atoms with Gasteiger partial charge in [0, 0.05) is 18.0 Å². The van der Waals surface area contributed by atoms with Crippen LogP contribution in [0.4, 0.5) is 13.2 Å². The summed E-state index contributed by atoms with van der Waals surface area (Å²) in [6, 6.07) is 11.4. The molecule has 0 aliphatic heterocycles. The Morgan fingerprint density at radius 1 is 1.16 bits per heavy atom. The number of alkyl halides is 3. The Morgan fingerprint density at radius 2 is 1.84 bits per heavy atom. The molecule has 0 unspecified atom stereocenters. The largest absolute Gasteiger partial charge is 0.416 e. The van der Waals surface area contributed by atoms with Crippen LogP contribution < -0.4 is 5.32 Å². The quantitative estimate of drug-likeness (QED) is 0.801. The van der Waals surface area contributed by atoms with Gasteiger partial charge in [0.25, 0.3) is 0 Å². The topological polar surface area (TPSA) is 49.3 Å². The maximum absolute atomic E-state index is 12.5. The minimum Gasteiger partial charge on any atom is -0.387 e. The second kappa shape index (κ2) is 8.36. The zero-order valence-corrected chi connectivity index (χ0v) is 13.9. The van der Waals surface area contributed by atoms with Crippen molar-refractivity contribution in [3.63, 3.8) is 0 Å². The van der Waals surface area contributed by atoms with Crippen LogP contribution in [-0.2, 0) is 17.4 Å². The molecule has 1 atom stereocenters. The average Bonchev–Trinajstić information content (AvgIpc) is 2.57. The summed E-state index contributed by atoms with van der Waals surface area (Å²) in [6.07, 6.45) is -4.77. The van der Waals surface area contributed by atoms with Gasteiger partial charge in [0.15, 0.2) is 0 Å². The number of amides is 1. The maximum Gasteiger partial charge on any atom is 0.416 e. The van der Waals surface area contributed by atoms with Gasteiger partial charge in [-0.3, -0.25) is 4.79 Å². The highest BCUT2D eigenvalue weighted by atomic mass is 35.5. The molecule has 0 aromatic heterocycles. The third-order valence-corrected chi connectivity index (χ3v) is 3.88. The van der Waals surface area contributed by atoms with Crippen molar-refractivity contribution in [2.75, 3.05) is 6.54 Å². The number of benzene rings is 2. The molecule has 0 radical (unpaired) electrons. The minimum absolute atomic E-state index is 0.0697. The van der Waals surface area contributed by atoms with E-state index in [9.17, 15) is 23.1 Å². The molecule has 2 aromatic rings. The summed E-state index contributed by atoms with van der Waals surface area (Å²) in [6.45, 7) is -0.0697. The maximum atomic E-state index is 12.5. The molecular formula is C18H17ClF3NO2. The van der Waals surface area contributed by atoms with Crippen molar-refractivity contribution < 1.29 is 23.1 Å². The fourth-order valence-electron chi connectivity index (χ4n) is 2.26. The van der Waals surface area contributed by atoms with Crippen LogP contribution in [0.5, 0.6) is 0 Å². The molecule has 0 bridgehead atoms. The number of aliphatic hydroxyl groups excluding tert-OH is 1. The smallest absolute Gasteiger partial charge is 0.387 e. The summed E-state index contributed by atoms with van der Waals surface area (Å²) in [5.41, 5.74) is 0.447. The van der Waals surface area contributed by atoms with Crippen LogP contribution in [0.1, 0.15) is 29.2 Å². The van der Waals surface area contributed by atoms with Gasteiger partial charge in [-0.15, -0.1) is 0 Å². The van der Waals surface area contributed by atoms with E-state index < -0.39 is 17.8 Å². The standard InChI is InChI=1S/C18H17ClF3NO2/c19-15-3-1-2-12(10-15)4-9-17(25)23-11-16(24)13-5-7-14(8-6-13)18(20,21)22/h1-3,5-8,10,16,24H,4,9,11H2,(H,23,25)/t16-/m1/s1. The number of nitrogens with one attached hydrogen (secondary N) is 1. The Labute approximate surface area is 148 Å². The van der Waals surface area contributed by atoms with Crippen molar-refractivity contribution in [1.82, 2.24) is 5.32 Å². The molecular weight excluding hydrogens is 355 g/mol. The highest BCUT2D eigenvalue weighted by molar-refractivity contribution is 6.30. The van der Waals surface area contributed by atoms with Gasteiger partial charge in [-0.1, -0.05) is 35.9 Å². The summed E-state index contributed by atoms with van der Waals surface area (Å²) in [5.74, 6) is -0.258. The molecule has 0 saturated carbocycles. The number of halogens is 4. The van der Waals surface area contributed by atoms with Crippen LogP contribution in [0.25, 0.3) is 0 Å². The van der Waals surface area contributed by atoms with E-state index in [2.05, 4.69) is 5.32 Å². The fraction of sp³-hybridized carbons (Fsp3) is 0.278. The van der Waals surface area contributed by atoms with Gasteiger partial charge < -0.3 is 10.4 Å². The molecule has 0 spiro atoms. The van der Waals surface area contributed by atoms with Crippen LogP contribution in [0.2, 0.25) is 5.02 Å². The van der Waals surface area contributed by atoms with Crippen molar-refractivity contribution >= 4 is 17.5 Å². The van der Waals surface area contributed by atoms with E-state index in [0.29, 0.717) is 17.0 Å². The Bertz CT molecular complexity index is 717. The molecule has 7 heteroatoms. The Hall–Kier alpha value is -2.05. The highest BCUT2D eigenvalue weighted by Crippen LogP contribution is 2.29. The lowest BCUT2D eigenvalue weighted by Crippen LogP contribution is -2.28. The van der Waals surface area contributed by atoms with E-state index in [0.717, 1.165) is 17.7 Å². The van der Waals surface area contributed by atoms with E-state index in [1.54, 1.807) is 18.2 Å². The molecule has 0 heterocycles. The Kier molecular flexibility index (Phi) is 6.45. The van der Waals surface area contributed by atoms with Gasteiger partial charge in [0.1, 0.15) is 0 Å². The fourth-order valence-corrected chi connectivity index (χ4v) is 2.47. The minimum atomic E-state index is -4.42. The molecule has 0 saturated heterocycles. The van der Waals surface area contributed by atoms with Gasteiger partial charge in [-0.2, -0.15) is 13.2 Å². The van der Waals surface area contributed by atoms with Crippen molar-refractivity contribution in [3.05, 3.63) is 70.2 Å². The van der Waals surface area contributed by atoms with Crippen molar-refractivity contribution in [2.45, 2.75) is 25.1 Å². The van der Waals surface area contributed by atoms with Gasteiger partial charge in [0.2, 0.25) is 5.91 Å². The molecule has 2 N–H and O–H groups in total. The van der Waals surface area contributed by atoms with Crippen molar-refractivity contribution in [2.24, 2.45) is 0 Å². The first-order valence-corrected chi connectivity index (χ1v) is 8.00. The number of rotatable bonds is 6. The summed E-state index contributed by atoms with van der Waals surface area (Å²) in [5, 5.41) is 13.1. The lowest BCUT2D eigenvalue weighted by atomic mass is 10.1. The molecule has 134 valence electrons. The first-order valence-electron chi connectivity index (χ1n) is 7.62. The molecule has 25 heavy (non-hydrogen) atoms. The van der Waals surface area contributed by atoms with Gasteiger partial charge in [-0.25, -0.2) is 0 Å². The third kappa shape index (κ3) is 6.07. The van der Waals surface area contributed by atoms with Crippen molar-refractivity contribution in [3.8, 4) is 0 Å². The SMILES string of the molecule is O=C(CCc1cccc(Cl)c1)NC[C@@H](O)c1ccc(C(F)(F)F)cc1. The zero-order valence-electron chi connectivity index (χ0n) is 13.2. The lowest BCUT2D eigenvalue weighted by Gasteiger charge is -2.14. The predicted molar refractivity (Wildman–Crippen MR) is 89.2 cm³/mol. The zero-order chi connectivity index (χ0) is 18.4. The average molecular weight is 372 g/mol. The van der Waals surface area contributed by atoms with E-state index in [1.807, 2.05) is 6.07 Å².